The molecule has 0 saturated carbocycles. The highest BCUT2D eigenvalue weighted by Gasteiger charge is 2.47. The number of likely N-dealkylation sites (tertiary alicyclic amines) is 1. The number of ether oxygens (including phenoxy) is 1. The maximum absolute atomic E-state index is 12.0. The van der Waals surface area contributed by atoms with Crippen molar-refractivity contribution in [1.29, 1.82) is 0 Å². The minimum Gasteiger partial charge on any atom is -0.465 e. The second-order valence-corrected chi connectivity index (χ2v) is 5.66. The molecule has 0 radical (unpaired) electrons. The number of carbonyl (C=O) groups excluding carboxylic acids is 1. The summed E-state index contributed by atoms with van der Waals surface area (Å²) in [5, 5.41) is 8.98. The number of amides is 2. The first-order chi connectivity index (χ1) is 10.1. The van der Waals surface area contributed by atoms with E-state index >= 15 is 0 Å². The standard InChI is InChI=1S/C15H18N2O4/c18-13(19)16-8-6-15(7-9-16)11-17(14(20)21-15)10-12-4-2-1-3-5-12/h1-5H,6-11H2,(H,18,19). The van der Waals surface area contributed by atoms with E-state index in [0.717, 1.165) is 5.56 Å². The molecule has 0 atom stereocenters. The molecule has 6 nitrogen and oxygen atoms in total. The predicted molar refractivity (Wildman–Crippen MR) is 74.9 cm³/mol. The van der Waals surface area contributed by atoms with E-state index in [1.807, 2.05) is 30.3 Å². The van der Waals surface area contributed by atoms with E-state index in [2.05, 4.69) is 0 Å². The number of carboxylic acid groups (broad SMARTS) is 1. The van der Waals surface area contributed by atoms with Crippen LogP contribution < -0.4 is 0 Å². The van der Waals surface area contributed by atoms with Gasteiger partial charge in [0.15, 0.2) is 0 Å². The Hall–Kier alpha value is -2.24. The summed E-state index contributed by atoms with van der Waals surface area (Å²) >= 11 is 0. The maximum Gasteiger partial charge on any atom is 0.410 e. The molecule has 3 rings (SSSR count). The molecule has 6 heteroatoms. The van der Waals surface area contributed by atoms with Gasteiger partial charge in [0.05, 0.1) is 6.54 Å². The first-order valence-electron chi connectivity index (χ1n) is 7.08. The Kier molecular flexibility index (Phi) is 3.45. The third-order valence-electron chi connectivity index (χ3n) is 4.20. The van der Waals surface area contributed by atoms with E-state index in [1.54, 1.807) is 4.90 Å². The summed E-state index contributed by atoms with van der Waals surface area (Å²) in [5.41, 5.74) is 0.548. The van der Waals surface area contributed by atoms with Crippen molar-refractivity contribution in [2.45, 2.75) is 25.0 Å². The number of carbonyl (C=O) groups is 2. The Bertz CT molecular complexity index is 538. The topological polar surface area (TPSA) is 70.1 Å². The molecule has 0 bridgehead atoms. The van der Waals surface area contributed by atoms with E-state index in [1.165, 1.54) is 4.90 Å². The average molecular weight is 290 g/mol. The van der Waals surface area contributed by atoms with Crippen LogP contribution in [0.25, 0.3) is 0 Å². The summed E-state index contributed by atoms with van der Waals surface area (Å²) in [6.45, 7) is 1.90. The SMILES string of the molecule is O=C(O)N1CCC2(CC1)CN(Cc1ccccc1)C(=O)O2. The Labute approximate surface area is 122 Å². The largest absolute Gasteiger partial charge is 0.465 e. The molecule has 0 unspecified atom stereocenters. The van der Waals surface area contributed by atoms with Crippen molar-refractivity contribution >= 4 is 12.2 Å². The zero-order chi connectivity index (χ0) is 14.9. The summed E-state index contributed by atoms with van der Waals surface area (Å²) in [5.74, 6) is 0. The summed E-state index contributed by atoms with van der Waals surface area (Å²) in [7, 11) is 0. The minimum absolute atomic E-state index is 0.303. The number of benzene rings is 1. The lowest BCUT2D eigenvalue weighted by Gasteiger charge is -2.36. The van der Waals surface area contributed by atoms with Gasteiger partial charge in [0, 0.05) is 32.5 Å². The quantitative estimate of drug-likeness (QED) is 0.906. The molecule has 1 spiro atoms. The second kappa shape index (κ2) is 5.27. The van der Waals surface area contributed by atoms with Gasteiger partial charge in [-0.3, -0.25) is 4.90 Å². The summed E-state index contributed by atoms with van der Waals surface area (Å²) in [6.07, 6.45) is -0.0786. The molecule has 0 aliphatic carbocycles. The molecular weight excluding hydrogens is 272 g/mol. The van der Waals surface area contributed by atoms with Gasteiger partial charge in [0.1, 0.15) is 5.60 Å². The maximum atomic E-state index is 12.0. The fourth-order valence-corrected chi connectivity index (χ4v) is 2.98. The van der Waals surface area contributed by atoms with Crippen LogP contribution >= 0.6 is 0 Å². The molecule has 2 heterocycles. The molecule has 1 N–H and O–H groups in total. The second-order valence-electron chi connectivity index (χ2n) is 5.66. The van der Waals surface area contributed by atoms with Gasteiger partial charge in [0.25, 0.3) is 0 Å². The van der Waals surface area contributed by atoms with Crippen LogP contribution in [-0.2, 0) is 11.3 Å². The van der Waals surface area contributed by atoms with E-state index in [-0.39, 0.29) is 6.09 Å². The van der Waals surface area contributed by atoms with Gasteiger partial charge in [-0.25, -0.2) is 9.59 Å². The van der Waals surface area contributed by atoms with Crippen LogP contribution in [0.15, 0.2) is 30.3 Å². The van der Waals surface area contributed by atoms with Crippen LogP contribution in [0.2, 0.25) is 0 Å². The normalized spacial score (nSPS) is 20.7. The third-order valence-corrected chi connectivity index (χ3v) is 4.20. The van der Waals surface area contributed by atoms with Crippen LogP contribution in [0, 0.1) is 0 Å². The average Bonchev–Trinajstić information content (AvgIpc) is 2.76. The molecule has 112 valence electrons. The molecule has 2 aliphatic rings. The van der Waals surface area contributed by atoms with Crippen molar-refractivity contribution in [3.8, 4) is 0 Å². The lowest BCUT2D eigenvalue weighted by atomic mass is 9.91. The predicted octanol–water partition coefficient (Wildman–Crippen LogP) is 2.15. The Morgan fingerprint density at radius 1 is 1.24 bits per heavy atom. The van der Waals surface area contributed by atoms with E-state index in [9.17, 15) is 9.59 Å². The fraction of sp³-hybridized carbons (Fsp3) is 0.467. The highest BCUT2D eigenvalue weighted by Crippen LogP contribution is 2.33. The van der Waals surface area contributed by atoms with Crippen molar-refractivity contribution < 1.29 is 19.4 Å². The van der Waals surface area contributed by atoms with Gasteiger partial charge < -0.3 is 14.7 Å². The van der Waals surface area contributed by atoms with Gasteiger partial charge in [-0.05, 0) is 5.56 Å². The fourth-order valence-electron chi connectivity index (χ4n) is 2.98. The Balaban J connectivity index is 1.64. The lowest BCUT2D eigenvalue weighted by molar-refractivity contribution is 0.00431. The molecule has 2 saturated heterocycles. The van der Waals surface area contributed by atoms with Crippen molar-refractivity contribution in [2.75, 3.05) is 19.6 Å². The highest BCUT2D eigenvalue weighted by molar-refractivity contribution is 5.71. The van der Waals surface area contributed by atoms with E-state index in [0.29, 0.717) is 39.0 Å². The monoisotopic (exact) mass is 290 g/mol. The smallest absolute Gasteiger partial charge is 0.410 e. The van der Waals surface area contributed by atoms with Gasteiger partial charge in [-0.2, -0.15) is 0 Å². The van der Waals surface area contributed by atoms with Crippen LogP contribution in [0.5, 0.6) is 0 Å². The number of hydrogen-bond acceptors (Lipinski definition) is 3. The summed E-state index contributed by atoms with van der Waals surface area (Å²) in [6, 6.07) is 9.78. The summed E-state index contributed by atoms with van der Waals surface area (Å²) < 4.78 is 5.57. The van der Waals surface area contributed by atoms with Crippen molar-refractivity contribution in [1.82, 2.24) is 9.80 Å². The van der Waals surface area contributed by atoms with Gasteiger partial charge in [-0.15, -0.1) is 0 Å². The number of rotatable bonds is 2. The van der Waals surface area contributed by atoms with Crippen LogP contribution in [0.4, 0.5) is 9.59 Å². The molecule has 21 heavy (non-hydrogen) atoms. The third kappa shape index (κ3) is 2.79. The molecular formula is C15H18N2O4. The molecule has 1 aromatic carbocycles. The van der Waals surface area contributed by atoms with Gasteiger partial charge in [-0.1, -0.05) is 30.3 Å². The highest BCUT2D eigenvalue weighted by atomic mass is 16.6. The summed E-state index contributed by atoms with van der Waals surface area (Å²) in [4.78, 5) is 26.1. The zero-order valence-electron chi connectivity index (χ0n) is 11.7. The van der Waals surface area contributed by atoms with E-state index in [4.69, 9.17) is 9.84 Å². The van der Waals surface area contributed by atoms with Crippen molar-refractivity contribution in [2.24, 2.45) is 0 Å². The van der Waals surface area contributed by atoms with Crippen LogP contribution in [-0.4, -0.2) is 52.3 Å². The molecule has 0 aromatic heterocycles. The van der Waals surface area contributed by atoms with Gasteiger partial charge in [0.2, 0.25) is 0 Å². The molecule has 1 aromatic rings. The number of hydrogen-bond donors (Lipinski definition) is 1. The van der Waals surface area contributed by atoms with Crippen LogP contribution in [0.3, 0.4) is 0 Å². The van der Waals surface area contributed by atoms with Crippen LogP contribution in [0.1, 0.15) is 18.4 Å². The number of piperidine rings is 1. The first kappa shape index (κ1) is 13.7. The van der Waals surface area contributed by atoms with Gasteiger partial charge >= 0.3 is 12.2 Å². The Morgan fingerprint density at radius 3 is 2.52 bits per heavy atom. The Morgan fingerprint density at radius 2 is 1.90 bits per heavy atom. The van der Waals surface area contributed by atoms with Crippen molar-refractivity contribution in [3.05, 3.63) is 35.9 Å². The van der Waals surface area contributed by atoms with E-state index < -0.39 is 11.7 Å². The zero-order valence-corrected chi connectivity index (χ0v) is 11.7. The minimum atomic E-state index is -0.907. The molecule has 2 amide bonds. The molecule has 2 aliphatic heterocycles. The first-order valence-corrected chi connectivity index (χ1v) is 7.08. The molecule has 2 fully saturated rings. The number of nitrogens with zero attached hydrogens (tertiary/aromatic N) is 2. The van der Waals surface area contributed by atoms with Crippen molar-refractivity contribution in [3.63, 3.8) is 0 Å². The lowest BCUT2D eigenvalue weighted by Crippen LogP contribution is -2.48.